The third kappa shape index (κ3) is 4.19. The number of carbonyl (C=O) groups is 1. The third-order valence-electron chi connectivity index (χ3n) is 3.00. The van der Waals surface area contributed by atoms with E-state index in [9.17, 15) is 4.79 Å². The highest BCUT2D eigenvalue weighted by molar-refractivity contribution is 5.68. The van der Waals surface area contributed by atoms with Crippen LogP contribution in [0.15, 0.2) is 0 Å². The summed E-state index contributed by atoms with van der Waals surface area (Å²) in [6.07, 6.45) is 4.97. The van der Waals surface area contributed by atoms with Crippen molar-refractivity contribution < 1.29 is 14.3 Å². The molecule has 0 radical (unpaired) electrons. The summed E-state index contributed by atoms with van der Waals surface area (Å²) >= 11 is 0. The fourth-order valence-corrected chi connectivity index (χ4v) is 1.98. The van der Waals surface area contributed by atoms with Crippen LogP contribution in [0.1, 0.15) is 46.5 Å². The molecule has 4 nitrogen and oxygen atoms in total. The van der Waals surface area contributed by atoms with Crippen LogP contribution in [0.25, 0.3) is 0 Å². The van der Waals surface area contributed by atoms with Gasteiger partial charge in [-0.2, -0.15) is 0 Å². The Morgan fingerprint density at radius 3 is 2.06 bits per heavy atom. The zero-order valence-electron chi connectivity index (χ0n) is 11.1. The normalized spacial score (nSPS) is 22.6. The highest BCUT2D eigenvalue weighted by Crippen LogP contribution is 2.28. The van der Waals surface area contributed by atoms with Gasteiger partial charge in [0, 0.05) is 13.1 Å². The van der Waals surface area contributed by atoms with E-state index in [4.69, 9.17) is 9.47 Å². The first-order chi connectivity index (χ1) is 7.94. The first-order valence-corrected chi connectivity index (χ1v) is 6.57. The molecule has 98 valence electrons. The Hall–Kier alpha value is -0.770. The average Bonchev–Trinajstić information content (AvgIpc) is 3.00. The number of hydrogen-bond acceptors (Lipinski definition) is 3. The molecule has 2 fully saturated rings. The Balaban J connectivity index is 1.72. The van der Waals surface area contributed by atoms with Crippen molar-refractivity contribution >= 4 is 6.09 Å². The predicted octanol–water partition coefficient (Wildman–Crippen LogP) is 2.56. The van der Waals surface area contributed by atoms with Crippen molar-refractivity contribution in [2.45, 2.75) is 64.3 Å². The van der Waals surface area contributed by atoms with E-state index >= 15 is 0 Å². The molecule has 1 heterocycles. The summed E-state index contributed by atoms with van der Waals surface area (Å²) in [7, 11) is 0. The van der Waals surface area contributed by atoms with E-state index in [1.54, 1.807) is 4.90 Å². The van der Waals surface area contributed by atoms with Crippen LogP contribution < -0.4 is 0 Å². The third-order valence-corrected chi connectivity index (χ3v) is 3.00. The number of piperidine rings is 1. The number of ether oxygens (including phenoxy) is 2. The van der Waals surface area contributed by atoms with Gasteiger partial charge in [-0.05, 0) is 46.5 Å². The van der Waals surface area contributed by atoms with E-state index in [-0.39, 0.29) is 6.09 Å². The summed E-state index contributed by atoms with van der Waals surface area (Å²) in [6, 6.07) is 0. The standard InChI is InChI=1S/C13H23NO3/c1-13(2,3)17-12(15)14-8-6-11(7-9-14)16-10-4-5-10/h10-11H,4-9H2,1-3H3. The molecule has 17 heavy (non-hydrogen) atoms. The first kappa shape index (κ1) is 12.7. The summed E-state index contributed by atoms with van der Waals surface area (Å²) in [6.45, 7) is 7.20. The number of likely N-dealkylation sites (tertiary alicyclic amines) is 1. The second kappa shape index (κ2) is 4.84. The molecule has 0 spiro atoms. The minimum Gasteiger partial charge on any atom is -0.444 e. The molecule has 1 saturated heterocycles. The van der Waals surface area contributed by atoms with E-state index in [1.807, 2.05) is 20.8 Å². The van der Waals surface area contributed by atoms with Gasteiger partial charge in [-0.25, -0.2) is 4.79 Å². The smallest absolute Gasteiger partial charge is 0.410 e. The zero-order chi connectivity index (χ0) is 12.5. The Morgan fingerprint density at radius 2 is 1.59 bits per heavy atom. The van der Waals surface area contributed by atoms with Gasteiger partial charge in [-0.15, -0.1) is 0 Å². The van der Waals surface area contributed by atoms with Gasteiger partial charge in [0.05, 0.1) is 12.2 Å². The van der Waals surface area contributed by atoms with E-state index in [0.717, 1.165) is 25.9 Å². The Bertz CT molecular complexity index is 273. The molecule has 0 aromatic heterocycles. The monoisotopic (exact) mass is 241 g/mol. The molecular formula is C13H23NO3. The average molecular weight is 241 g/mol. The van der Waals surface area contributed by atoms with Crippen LogP contribution in [0.5, 0.6) is 0 Å². The second-order valence-corrected chi connectivity index (χ2v) is 6.00. The van der Waals surface area contributed by atoms with Crippen molar-refractivity contribution in [3.63, 3.8) is 0 Å². The van der Waals surface area contributed by atoms with Crippen LogP contribution in [0.4, 0.5) is 4.79 Å². The molecule has 2 rings (SSSR count). The second-order valence-electron chi connectivity index (χ2n) is 6.00. The van der Waals surface area contributed by atoms with Crippen LogP contribution >= 0.6 is 0 Å². The molecule has 0 atom stereocenters. The van der Waals surface area contributed by atoms with Crippen molar-refractivity contribution in [1.82, 2.24) is 4.90 Å². The van der Waals surface area contributed by atoms with Crippen LogP contribution in [0, 0.1) is 0 Å². The maximum Gasteiger partial charge on any atom is 0.410 e. The lowest BCUT2D eigenvalue weighted by Gasteiger charge is -2.33. The highest BCUT2D eigenvalue weighted by Gasteiger charge is 2.31. The molecule has 0 bridgehead atoms. The highest BCUT2D eigenvalue weighted by atomic mass is 16.6. The Kier molecular flexibility index (Phi) is 3.61. The van der Waals surface area contributed by atoms with Crippen LogP contribution in [-0.4, -0.2) is 41.9 Å². The van der Waals surface area contributed by atoms with Crippen LogP contribution in [0.2, 0.25) is 0 Å². The van der Waals surface area contributed by atoms with Gasteiger partial charge in [-0.1, -0.05) is 0 Å². The molecule has 4 heteroatoms. The van der Waals surface area contributed by atoms with Crippen molar-refractivity contribution in [2.24, 2.45) is 0 Å². The molecule has 2 aliphatic rings. The largest absolute Gasteiger partial charge is 0.444 e. The lowest BCUT2D eigenvalue weighted by Crippen LogP contribution is -2.43. The molecule has 1 saturated carbocycles. The zero-order valence-corrected chi connectivity index (χ0v) is 11.1. The lowest BCUT2D eigenvalue weighted by atomic mass is 10.1. The van der Waals surface area contributed by atoms with Crippen molar-refractivity contribution in [1.29, 1.82) is 0 Å². The number of amides is 1. The Labute approximate surface area is 103 Å². The molecule has 1 amide bonds. The van der Waals surface area contributed by atoms with Gasteiger partial charge < -0.3 is 14.4 Å². The summed E-state index contributed by atoms with van der Waals surface area (Å²) in [5.74, 6) is 0. The van der Waals surface area contributed by atoms with Gasteiger partial charge in [-0.3, -0.25) is 0 Å². The summed E-state index contributed by atoms with van der Waals surface area (Å²) < 4.78 is 11.2. The number of nitrogens with zero attached hydrogens (tertiary/aromatic N) is 1. The van der Waals surface area contributed by atoms with E-state index in [0.29, 0.717) is 12.2 Å². The summed E-state index contributed by atoms with van der Waals surface area (Å²) in [5.41, 5.74) is -0.404. The van der Waals surface area contributed by atoms with Crippen molar-refractivity contribution in [2.75, 3.05) is 13.1 Å². The minimum atomic E-state index is -0.404. The van der Waals surface area contributed by atoms with Gasteiger partial charge >= 0.3 is 6.09 Å². The SMILES string of the molecule is CC(C)(C)OC(=O)N1CCC(OC2CC2)CC1. The first-order valence-electron chi connectivity index (χ1n) is 6.57. The fraction of sp³-hybridized carbons (Fsp3) is 0.923. The Morgan fingerprint density at radius 1 is 1.06 bits per heavy atom. The summed E-state index contributed by atoms with van der Waals surface area (Å²) in [4.78, 5) is 13.6. The molecular weight excluding hydrogens is 218 g/mol. The summed E-state index contributed by atoms with van der Waals surface area (Å²) in [5, 5.41) is 0. The number of rotatable bonds is 2. The quantitative estimate of drug-likeness (QED) is 0.746. The molecule has 0 unspecified atom stereocenters. The van der Waals surface area contributed by atoms with Crippen molar-refractivity contribution in [3.05, 3.63) is 0 Å². The van der Waals surface area contributed by atoms with Gasteiger partial charge in [0.1, 0.15) is 5.60 Å². The topological polar surface area (TPSA) is 38.8 Å². The van der Waals surface area contributed by atoms with Gasteiger partial charge in [0.2, 0.25) is 0 Å². The number of hydrogen-bond donors (Lipinski definition) is 0. The van der Waals surface area contributed by atoms with E-state index < -0.39 is 5.60 Å². The predicted molar refractivity (Wildman–Crippen MR) is 64.9 cm³/mol. The lowest BCUT2D eigenvalue weighted by molar-refractivity contribution is -0.0170. The van der Waals surface area contributed by atoms with E-state index in [1.165, 1.54) is 12.8 Å². The maximum absolute atomic E-state index is 11.8. The van der Waals surface area contributed by atoms with Gasteiger partial charge in [0.25, 0.3) is 0 Å². The fourth-order valence-electron chi connectivity index (χ4n) is 1.98. The van der Waals surface area contributed by atoms with Crippen LogP contribution in [0.3, 0.4) is 0 Å². The van der Waals surface area contributed by atoms with Crippen molar-refractivity contribution in [3.8, 4) is 0 Å². The minimum absolute atomic E-state index is 0.192. The molecule has 1 aliphatic carbocycles. The molecule has 1 aliphatic heterocycles. The molecule has 0 aromatic rings. The van der Waals surface area contributed by atoms with Gasteiger partial charge in [0.15, 0.2) is 0 Å². The van der Waals surface area contributed by atoms with E-state index in [2.05, 4.69) is 0 Å². The van der Waals surface area contributed by atoms with Crippen LogP contribution in [-0.2, 0) is 9.47 Å². The number of carbonyl (C=O) groups excluding carboxylic acids is 1. The molecule has 0 aromatic carbocycles. The molecule has 0 N–H and O–H groups in total. The maximum atomic E-state index is 11.8.